The summed E-state index contributed by atoms with van der Waals surface area (Å²) in [7, 11) is 0. The fraction of sp³-hybridized carbons (Fsp3) is 0.143. The van der Waals surface area contributed by atoms with Crippen molar-refractivity contribution in [3.05, 3.63) is 59.4 Å². The number of thioether (sulfide) groups is 1. The molecule has 0 atom stereocenters. The summed E-state index contributed by atoms with van der Waals surface area (Å²) < 4.78 is 13.2. The first kappa shape index (κ1) is 12.0. The van der Waals surface area contributed by atoms with E-state index in [4.69, 9.17) is 5.73 Å². The molecule has 88 valence electrons. The highest BCUT2D eigenvalue weighted by Gasteiger charge is 2.01. The van der Waals surface area contributed by atoms with E-state index in [1.54, 1.807) is 17.8 Å². The lowest BCUT2D eigenvalue weighted by molar-refractivity contribution is 0.631. The van der Waals surface area contributed by atoms with E-state index in [1.165, 1.54) is 16.5 Å². The number of rotatable bonds is 3. The number of nitrogens with two attached hydrogens (primary N) is 1. The molecule has 0 aromatic heterocycles. The molecule has 0 aliphatic rings. The molecule has 0 fully saturated rings. The Balaban J connectivity index is 2.05. The smallest absolute Gasteiger partial charge is 0.146 e. The molecule has 2 aromatic carbocycles. The first-order valence-electron chi connectivity index (χ1n) is 5.38. The summed E-state index contributed by atoms with van der Waals surface area (Å²) in [6.07, 6.45) is 0. The molecule has 17 heavy (non-hydrogen) atoms. The normalized spacial score (nSPS) is 10.5. The third-order valence-corrected chi connectivity index (χ3v) is 3.52. The highest BCUT2D eigenvalue weighted by atomic mass is 32.2. The molecule has 0 spiro atoms. The second-order valence-electron chi connectivity index (χ2n) is 3.96. The van der Waals surface area contributed by atoms with Crippen LogP contribution in [-0.2, 0) is 5.75 Å². The van der Waals surface area contributed by atoms with Crippen molar-refractivity contribution in [2.75, 3.05) is 5.73 Å². The van der Waals surface area contributed by atoms with Crippen LogP contribution < -0.4 is 5.73 Å². The molecule has 0 bridgehead atoms. The molecule has 0 unspecified atom stereocenters. The van der Waals surface area contributed by atoms with Gasteiger partial charge in [-0.1, -0.05) is 23.8 Å². The van der Waals surface area contributed by atoms with Crippen LogP contribution in [-0.4, -0.2) is 0 Å². The second kappa shape index (κ2) is 5.23. The van der Waals surface area contributed by atoms with Crippen molar-refractivity contribution in [2.24, 2.45) is 0 Å². The van der Waals surface area contributed by atoms with Gasteiger partial charge in [0.05, 0.1) is 5.69 Å². The van der Waals surface area contributed by atoms with Gasteiger partial charge in [0.25, 0.3) is 0 Å². The van der Waals surface area contributed by atoms with Gasteiger partial charge < -0.3 is 5.73 Å². The Bertz CT molecular complexity index is 525. The Labute approximate surface area is 105 Å². The molecular weight excluding hydrogens is 233 g/mol. The Kier molecular flexibility index (Phi) is 3.69. The van der Waals surface area contributed by atoms with Crippen molar-refractivity contribution in [2.45, 2.75) is 17.6 Å². The largest absolute Gasteiger partial charge is 0.396 e. The Morgan fingerprint density at radius 1 is 1.18 bits per heavy atom. The highest BCUT2D eigenvalue weighted by Crippen LogP contribution is 2.24. The molecule has 0 heterocycles. The first-order chi connectivity index (χ1) is 8.15. The van der Waals surface area contributed by atoms with E-state index in [9.17, 15) is 4.39 Å². The maximum Gasteiger partial charge on any atom is 0.146 e. The topological polar surface area (TPSA) is 26.0 Å². The molecule has 1 nitrogen and oxygen atoms in total. The fourth-order valence-electron chi connectivity index (χ4n) is 1.53. The van der Waals surface area contributed by atoms with Crippen molar-refractivity contribution in [1.82, 2.24) is 0 Å². The van der Waals surface area contributed by atoms with E-state index in [2.05, 4.69) is 25.1 Å². The minimum absolute atomic E-state index is 0.203. The van der Waals surface area contributed by atoms with Gasteiger partial charge in [-0.25, -0.2) is 4.39 Å². The SMILES string of the molecule is Cc1cccc(SCc2ccc(N)c(F)c2)c1. The molecule has 3 heteroatoms. The Morgan fingerprint density at radius 3 is 2.71 bits per heavy atom. The quantitative estimate of drug-likeness (QED) is 0.655. The van der Waals surface area contributed by atoms with Gasteiger partial charge >= 0.3 is 0 Å². The molecule has 0 saturated heterocycles. The van der Waals surface area contributed by atoms with Gasteiger partial charge in [-0.2, -0.15) is 0 Å². The number of benzene rings is 2. The van der Waals surface area contributed by atoms with E-state index < -0.39 is 0 Å². The lowest BCUT2D eigenvalue weighted by Crippen LogP contribution is -1.91. The van der Waals surface area contributed by atoms with E-state index in [0.29, 0.717) is 0 Å². The minimum Gasteiger partial charge on any atom is -0.396 e. The van der Waals surface area contributed by atoms with Gasteiger partial charge in [0, 0.05) is 10.6 Å². The lowest BCUT2D eigenvalue weighted by atomic mass is 10.2. The van der Waals surface area contributed by atoms with Crippen LogP contribution >= 0.6 is 11.8 Å². The van der Waals surface area contributed by atoms with Gasteiger partial charge in [0.1, 0.15) is 5.82 Å². The van der Waals surface area contributed by atoms with Crippen LogP contribution in [0.15, 0.2) is 47.4 Å². The van der Waals surface area contributed by atoms with Crippen LogP contribution in [0.5, 0.6) is 0 Å². The Hall–Kier alpha value is -1.48. The predicted molar refractivity (Wildman–Crippen MR) is 71.6 cm³/mol. The summed E-state index contributed by atoms with van der Waals surface area (Å²) >= 11 is 1.69. The summed E-state index contributed by atoms with van der Waals surface area (Å²) in [6.45, 7) is 2.06. The fourth-order valence-corrected chi connectivity index (χ4v) is 2.49. The monoisotopic (exact) mass is 247 g/mol. The number of aryl methyl sites for hydroxylation is 1. The summed E-state index contributed by atoms with van der Waals surface area (Å²) in [5, 5.41) is 0. The zero-order chi connectivity index (χ0) is 12.3. The average molecular weight is 247 g/mol. The number of nitrogen functional groups attached to an aromatic ring is 1. The second-order valence-corrected chi connectivity index (χ2v) is 5.01. The number of hydrogen-bond acceptors (Lipinski definition) is 2. The van der Waals surface area contributed by atoms with E-state index in [0.717, 1.165) is 11.3 Å². The van der Waals surface area contributed by atoms with E-state index >= 15 is 0 Å². The summed E-state index contributed by atoms with van der Waals surface area (Å²) in [4.78, 5) is 1.20. The molecular formula is C14H14FNS. The number of hydrogen-bond donors (Lipinski definition) is 1. The van der Waals surface area contributed by atoms with Crippen LogP contribution in [0.2, 0.25) is 0 Å². The lowest BCUT2D eigenvalue weighted by Gasteiger charge is -2.04. The van der Waals surface area contributed by atoms with Gasteiger partial charge in [0.2, 0.25) is 0 Å². The van der Waals surface area contributed by atoms with Gasteiger partial charge in [-0.15, -0.1) is 11.8 Å². The van der Waals surface area contributed by atoms with Gasteiger partial charge in [0.15, 0.2) is 0 Å². The third-order valence-electron chi connectivity index (χ3n) is 2.46. The summed E-state index contributed by atoms with van der Waals surface area (Å²) in [5.74, 6) is 0.410. The zero-order valence-corrected chi connectivity index (χ0v) is 10.4. The third kappa shape index (κ3) is 3.24. The van der Waals surface area contributed by atoms with Crippen molar-refractivity contribution in [3.63, 3.8) is 0 Å². The highest BCUT2D eigenvalue weighted by molar-refractivity contribution is 7.98. The van der Waals surface area contributed by atoms with Crippen LogP contribution in [0.4, 0.5) is 10.1 Å². The molecule has 0 saturated carbocycles. The molecule has 0 aliphatic carbocycles. The standard InChI is InChI=1S/C14H14FNS/c1-10-3-2-4-12(7-10)17-9-11-5-6-14(16)13(15)8-11/h2-8H,9,16H2,1H3. The average Bonchev–Trinajstić information content (AvgIpc) is 2.31. The van der Waals surface area contributed by atoms with Crippen molar-refractivity contribution in [3.8, 4) is 0 Å². The molecule has 2 rings (SSSR count). The van der Waals surface area contributed by atoms with Crippen LogP contribution in [0, 0.1) is 12.7 Å². The van der Waals surface area contributed by atoms with Gasteiger partial charge in [-0.05, 0) is 36.8 Å². The summed E-state index contributed by atoms with van der Waals surface area (Å²) in [5.41, 5.74) is 7.82. The maximum absolute atomic E-state index is 13.2. The molecule has 0 aliphatic heterocycles. The molecule has 2 aromatic rings. The first-order valence-corrected chi connectivity index (χ1v) is 6.37. The maximum atomic E-state index is 13.2. The van der Waals surface area contributed by atoms with Gasteiger partial charge in [-0.3, -0.25) is 0 Å². The Morgan fingerprint density at radius 2 is 2.00 bits per heavy atom. The number of halogens is 1. The zero-order valence-electron chi connectivity index (χ0n) is 9.61. The van der Waals surface area contributed by atoms with Crippen LogP contribution in [0.3, 0.4) is 0 Å². The van der Waals surface area contributed by atoms with Crippen LogP contribution in [0.25, 0.3) is 0 Å². The minimum atomic E-state index is -0.340. The molecule has 2 N–H and O–H groups in total. The van der Waals surface area contributed by atoms with E-state index in [-0.39, 0.29) is 11.5 Å². The van der Waals surface area contributed by atoms with Crippen molar-refractivity contribution < 1.29 is 4.39 Å². The van der Waals surface area contributed by atoms with Crippen molar-refractivity contribution in [1.29, 1.82) is 0 Å². The van der Waals surface area contributed by atoms with E-state index in [1.807, 2.05) is 12.1 Å². The van der Waals surface area contributed by atoms with Crippen molar-refractivity contribution >= 4 is 17.4 Å². The number of anilines is 1. The molecule has 0 amide bonds. The van der Waals surface area contributed by atoms with Crippen LogP contribution in [0.1, 0.15) is 11.1 Å². The predicted octanol–water partition coefficient (Wildman–Crippen LogP) is 4.01. The molecule has 0 radical (unpaired) electrons. The summed E-state index contributed by atoms with van der Waals surface area (Å²) in [6, 6.07) is 13.2.